The summed E-state index contributed by atoms with van der Waals surface area (Å²) in [6.45, 7) is -0.663. The van der Waals surface area contributed by atoms with E-state index in [-0.39, 0.29) is 10.7 Å². The summed E-state index contributed by atoms with van der Waals surface area (Å²) in [7, 11) is 0. The lowest BCUT2D eigenvalue weighted by molar-refractivity contribution is -0.142. The van der Waals surface area contributed by atoms with Crippen LogP contribution in [0.1, 0.15) is 5.56 Å². The van der Waals surface area contributed by atoms with Crippen LogP contribution in [0.2, 0.25) is 5.02 Å². The molecule has 0 aliphatic rings. The number of hydrogen-bond donors (Lipinski definition) is 1. The zero-order chi connectivity index (χ0) is 18.4. The minimum absolute atomic E-state index is 0.101. The number of ether oxygens (including phenoxy) is 1. The van der Waals surface area contributed by atoms with Crippen LogP contribution in [0.5, 0.6) is 0 Å². The van der Waals surface area contributed by atoms with Gasteiger partial charge in [-0.3, -0.25) is 4.79 Å². The molecule has 0 bridgehead atoms. The third kappa shape index (κ3) is 5.65. The number of amides is 1. The fourth-order valence-electron chi connectivity index (χ4n) is 1.74. The highest BCUT2D eigenvalue weighted by Gasteiger charge is 2.09. The first-order valence-corrected chi connectivity index (χ1v) is 7.28. The molecule has 0 saturated carbocycles. The average molecular weight is 370 g/mol. The van der Waals surface area contributed by atoms with Gasteiger partial charge in [-0.1, -0.05) is 17.7 Å². The van der Waals surface area contributed by atoms with Gasteiger partial charge in [0.25, 0.3) is 5.91 Å². The van der Waals surface area contributed by atoms with Gasteiger partial charge < -0.3 is 10.1 Å². The second-order valence-corrected chi connectivity index (χ2v) is 5.19. The van der Waals surface area contributed by atoms with E-state index in [0.717, 1.165) is 24.3 Å². The fourth-order valence-corrected chi connectivity index (χ4v) is 1.93. The van der Waals surface area contributed by atoms with Crippen molar-refractivity contribution in [1.29, 1.82) is 0 Å². The Kier molecular flexibility index (Phi) is 6.19. The maximum atomic E-state index is 13.4. The van der Waals surface area contributed by atoms with Gasteiger partial charge in [0.2, 0.25) is 0 Å². The summed E-state index contributed by atoms with van der Waals surface area (Å²) < 4.78 is 43.8. The van der Waals surface area contributed by atoms with Gasteiger partial charge in [-0.25, -0.2) is 18.0 Å². The molecule has 0 atom stereocenters. The Labute approximate surface area is 145 Å². The van der Waals surface area contributed by atoms with Crippen molar-refractivity contribution in [2.75, 3.05) is 11.9 Å². The standard InChI is InChI=1S/C17H11ClF3NO3/c18-12-7-10(1-4-13(12)20)2-6-17(24)25-9-16(23)22-15-5-3-11(19)8-14(15)21/h1-8H,9H2,(H,22,23)/b6-2+. The molecule has 0 unspecified atom stereocenters. The van der Waals surface area contributed by atoms with Crippen molar-refractivity contribution in [3.8, 4) is 0 Å². The lowest BCUT2D eigenvalue weighted by Gasteiger charge is -2.06. The molecule has 0 aromatic heterocycles. The number of benzene rings is 2. The molecule has 0 aliphatic heterocycles. The Morgan fingerprint density at radius 3 is 2.52 bits per heavy atom. The van der Waals surface area contributed by atoms with Gasteiger partial charge in [-0.15, -0.1) is 0 Å². The predicted octanol–water partition coefficient (Wildman–Crippen LogP) is 3.95. The van der Waals surface area contributed by atoms with Crippen molar-refractivity contribution < 1.29 is 27.5 Å². The number of anilines is 1. The van der Waals surface area contributed by atoms with Crippen LogP contribution in [0.15, 0.2) is 42.5 Å². The molecule has 0 spiro atoms. The van der Waals surface area contributed by atoms with Crippen LogP contribution in [0.25, 0.3) is 6.08 Å². The summed E-state index contributed by atoms with van der Waals surface area (Å²) in [6, 6.07) is 6.47. The number of rotatable bonds is 5. The first-order valence-electron chi connectivity index (χ1n) is 6.90. The van der Waals surface area contributed by atoms with Crippen molar-refractivity contribution in [2.24, 2.45) is 0 Å². The van der Waals surface area contributed by atoms with E-state index in [4.69, 9.17) is 11.6 Å². The molecule has 0 heterocycles. The smallest absolute Gasteiger partial charge is 0.331 e. The molecule has 25 heavy (non-hydrogen) atoms. The molecule has 4 nitrogen and oxygen atoms in total. The Hall–Kier alpha value is -2.80. The van der Waals surface area contributed by atoms with Crippen LogP contribution in [-0.4, -0.2) is 18.5 Å². The molecule has 0 radical (unpaired) electrons. The number of nitrogens with one attached hydrogen (secondary N) is 1. The molecule has 1 N–H and O–H groups in total. The van der Waals surface area contributed by atoms with Crippen LogP contribution in [-0.2, 0) is 14.3 Å². The van der Waals surface area contributed by atoms with Crippen molar-refractivity contribution in [3.63, 3.8) is 0 Å². The molecule has 0 saturated heterocycles. The van der Waals surface area contributed by atoms with Crippen LogP contribution in [0.4, 0.5) is 18.9 Å². The number of hydrogen-bond acceptors (Lipinski definition) is 3. The second-order valence-electron chi connectivity index (χ2n) is 4.79. The van der Waals surface area contributed by atoms with Gasteiger partial charge in [0.05, 0.1) is 10.7 Å². The minimum Gasteiger partial charge on any atom is -0.452 e. The number of carbonyl (C=O) groups is 2. The second kappa shape index (κ2) is 8.34. The largest absolute Gasteiger partial charge is 0.452 e. The van der Waals surface area contributed by atoms with E-state index >= 15 is 0 Å². The average Bonchev–Trinajstić information content (AvgIpc) is 2.56. The fraction of sp³-hybridized carbons (Fsp3) is 0.0588. The maximum Gasteiger partial charge on any atom is 0.331 e. The quantitative estimate of drug-likeness (QED) is 0.641. The van der Waals surface area contributed by atoms with Crippen molar-refractivity contribution in [1.82, 2.24) is 0 Å². The van der Waals surface area contributed by atoms with Crippen LogP contribution < -0.4 is 5.32 Å². The van der Waals surface area contributed by atoms with Gasteiger partial charge in [-0.05, 0) is 35.9 Å². The third-order valence-electron chi connectivity index (χ3n) is 2.91. The van der Waals surface area contributed by atoms with E-state index in [1.165, 1.54) is 18.2 Å². The summed E-state index contributed by atoms with van der Waals surface area (Å²) in [6.07, 6.45) is 2.35. The molecule has 2 aromatic carbocycles. The lowest BCUT2D eigenvalue weighted by atomic mass is 10.2. The highest BCUT2D eigenvalue weighted by Crippen LogP contribution is 2.17. The predicted molar refractivity (Wildman–Crippen MR) is 86.4 cm³/mol. The molecule has 1 amide bonds. The van der Waals surface area contributed by atoms with Gasteiger partial charge in [-0.2, -0.15) is 0 Å². The molecular weight excluding hydrogens is 359 g/mol. The molecule has 0 fully saturated rings. The van der Waals surface area contributed by atoms with Gasteiger partial charge in [0.15, 0.2) is 6.61 Å². The third-order valence-corrected chi connectivity index (χ3v) is 3.20. The van der Waals surface area contributed by atoms with Crippen LogP contribution in [0.3, 0.4) is 0 Å². The summed E-state index contributed by atoms with van der Waals surface area (Å²) in [5, 5.41) is 2.04. The Morgan fingerprint density at radius 2 is 1.84 bits per heavy atom. The molecular formula is C17H11ClF3NO3. The molecule has 2 rings (SSSR count). The summed E-state index contributed by atoms with van der Waals surface area (Å²) in [5.41, 5.74) is 0.222. The normalized spacial score (nSPS) is 10.7. The zero-order valence-electron chi connectivity index (χ0n) is 12.6. The summed E-state index contributed by atoms with van der Waals surface area (Å²) >= 11 is 5.60. The highest BCUT2D eigenvalue weighted by molar-refractivity contribution is 6.30. The van der Waals surface area contributed by atoms with E-state index in [9.17, 15) is 22.8 Å². The van der Waals surface area contributed by atoms with E-state index in [0.29, 0.717) is 11.6 Å². The molecule has 8 heteroatoms. The van der Waals surface area contributed by atoms with Gasteiger partial charge in [0, 0.05) is 12.1 Å². The monoisotopic (exact) mass is 369 g/mol. The minimum atomic E-state index is -0.951. The van der Waals surface area contributed by atoms with Gasteiger partial charge in [0.1, 0.15) is 17.5 Å². The number of halogens is 4. The number of carbonyl (C=O) groups excluding carboxylic acids is 2. The van der Waals surface area contributed by atoms with E-state index in [1.807, 2.05) is 0 Å². The molecule has 0 aliphatic carbocycles. The Bertz CT molecular complexity index is 840. The van der Waals surface area contributed by atoms with Gasteiger partial charge >= 0.3 is 5.97 Å². The van der Waals surface area contributed by atoms with Crippen LogP contribution >= 0.6 is 11.6 Å². The van der Waals surface area contributed by atoms with Crippen LogP contribution in [0, 0.1) is 17.5 Å². The number of esters is 1. The summed E-state index contributed by atoms with van der Waals surface area (Å²) in [4.78, 5) is 23.1. The summed E-state index contributed by atoms with van der Waals surface area (Å²) in [5.74, 6) is -3.96. The highest BCUT2D eigenvalue weighted by atomic mass is 35.5. The first-order chi connectivity index (χ1) is 11.8. The first kappa shape index (κ1) is 18.5. The zero-order valence-corrected chi connectivity index (χ0v) is 13.3. The van der Waals surface area contributed by atoms with Crippen molar-refractivity contribution in [2.45, 2.75) is 0 Å². The van der Waals surface area contributed by atoms with Crippen molar-refractivity contribution >= 4 is 35.2 Å². The van der Waals surface area contributed by atoms with E-state index in [2.05, 4.69) is 10.1 Å². The Morgan fingerprint density at radius 1 is 1.08 bits per heavy atom. The Balaban J connectivity index is 1.85. The molecule has 130 valence electrons. The van der Waals surface area contributed by atoms with E-state index < -0.39 is 35.9 Å². The topological polar surface area (TPSA) is 55.4 Å². The SMILES string of the molecule is O=C(COC(=O)/C=C/c1ccc(F)c(Cl)c1)Nc1ccc(F)cc1F. The van der Waals surface area contributed by atoms with E-state index in [1.54, 1.807) is 0 Å². The molecule has 2 aromatic rings. The maximum absolute atomic E-state index is 13.4. The lowest BCUT2D eigenvalue weighted by Crippen LogP contribution is -2.20. The van der Waals surface area contributed by atoms with Crippen molar-refractivity contribution in [3.05, 3.63) is 70.5 Å².